The average molecular weight is 481 g/mol. The molecule has 0 unspecified atom stereocenters. The van der Waals surface area contributed by atoms with E-state index in [0.29, 0.717) is 19.6 Å². The monoisotopic (exact) mass is 480 g/mol. The van der Waals surface area contributed by atoms with E-state index in [9.17, 15) is 13.2 Å². The molecule has 1 atom stereocenters. The second kappa shape index (κ2) is 10.8. The Bertz CT molecular complexity index is 1210. The topological polar surface area (TPSA) is 84.9 Å². The number of methoxy groups -OCH3 is 1. The fourth-order valence-electron chi connectivity index (χ4n) is 3.97. The van der Waals surface area contributed by atoms with Crippen LogP contribution in [0.15, 0.2) is 83.8 Å². The minimum absolute atomic E-state index is 0.0242. The van der Waals surface area contributed by atoms with Gasteiger partial charge in [0.25, 0.3) is 5.91 Å². The first-order chi connectivity index (χ1) is 16.5. The number of sulfonamides is 1. The van der Waals surface area contributed by atoms with Gasteiger partial charge in [0, 0.05) is 18.7 Å². The summed E-state index contributed by atoms with van der Waals surface area (Å²) in [7, 11) is -2.43. The van der Waals surface area contributed by atoms with Gasteiger partial charge in [0.15, 0.2) is 0 Å². The molecular formula is C26H28N2O5S. The average Bonchev–Trinajstić information content (AvgIpc) is 2.89. The normalized spacial score (nSPS) is 15.4. The SMILES string of the molecule is COc1ccc(C(=O)N[C@H](Cc2ccccc2)c2ccccc2)cc1S(=O)(=O)N1CCOCC1. The van der Waals surface area contributed by atoms with Crippen LogP contribution in [0.5, 0.6) is 5.75 Å². The summed E-state index contributed by atoms with van der Waals surface area (Å²) in [6, 6.07) is 23.9. The molecule has 3 aromatic carbocycles. The molecule has 4 rings (SSSR count). The number of hydrogen-bond donors (Lipinski definition) is 1. The van der Waals surface area contributed by atoms with Gasteiger partial charge in [0.2, 0.25) is 10.0 Å². The van der Waals surface area contributed by atoms with Gasteiger partial charge >= 0.3 is 0 Å². The summed E-state index contributed by atoms with van der Waals surface area (Å²) >= 11 is 0. The third-order valence-electron chi connectivity index (χ3n) is 5.80. The first-order valence-corrected chi connectivity index (χ1v) is 12.6. The number of nitrogens with one attached hydrogen (secondary N) is 1. The first kappa shape index (κ1) is 23.9. The lowest BCUT2D eigenvalue weighted by Crippen LogP contribution is -2.40. The number of nitrogens with zero attached hydrogens (tertiary/aromatic N) is 1. The largest absolute Gasteiger partial charge is 0.495 e. The Kier molecular flexibility index (Phi) is 7.62. The Morgan fingerprint density at radius 2 is 1.65 bits per heavy atom. The highest BCUT2D eigenvalue weighted by Gasteiger charge is 2.30. The molecule has 1 amide bonds. The number of morpholine rings is 1. The van der Waals surface area contributed by atoms with Crippen molar-refractivity contribution in [3.05, 3.63) is 95.6 Å². The Morgan fingerprint density at radius 3 is 2.29 bits per heavy atom. The van der Waals surface area contributed by atoms with E-state index in [0.717, 1.165) is 11.1 Å². The smallest absolute Gasteiger partial charge is 0.251 e. The maximum atomic E-state index is 13.3. The van der Waals surface area contributed by atoms with Crippen molar-refractivity contribution < 1.29 is 22.7 Å². The second-order valence-corrected chi connectivity index (χ2v) is 9.91. The van der Waals surface area contributed by atoms with Gasteiger partial charge in [0.05, 0.1) is 26.4 Å². The van der Waals surface area contributed by atoms with Gasteiger partial charge in [-0.2, -0.15) is 4.31 Å². The number of benzene rings is 3. The van der Waals surface area contributed by atoms with Crippen molar-refractivity contribution in [1.29, 1.82) is 0 Å². The highest BCUT2D eigenvalue weighted by atomic mass is 32.2. The molecule has 178 valence electrons. The van der Waals surface area contributed by atoms with Gasteiger partial charge in [-0.3, -0.25) is 4.79 Å². The van der Waals surface area contributed by atoms with Crippen LogP contribution >= 0.6 is 0 Å². The summed E-state index contributed by atoms with van der Waals surface area (Å²) in [4.78, 5) is 13.3. The lowest BCUT2D eigenvalue weighted by atomic mass is 9.98. The molecule has 1 heterocycles. The minimum Gasteiger partial charge on any atom is -0.495 e. The van der Waals surface area contributed by atoms with Gasteiger partial charge in [-0.05, 0) is 35.7 Å². The molecule has 0 saturated carbocycles. The van der Waals surface area contributed by atoms with Gasteiger partial charge < -0.3 is 14.8 Å². The van der Waals surface area contributed by atoms with Crippen molar-refractivity contribution in [2.75, 3.05) is 33.4 Å². The van der Waals surface area contributed by atoms with Crippen LogP contribution in [0.2, 0.25) is 0 Å². The summed E-state index contributed by atoms with van der Waals surface area (Å²) in [6.07, 6.45) is 0.603. The molecule has 1 aliphatic heterocycles. The van der Waals surface area contributed by atoms with Crippen molar-refractivity contribution in [2.24, 2.45) is 0 Å². The minimum atomic E-state index is -3.84. The van der Waals surface area contributed by atoms with Gasteiger partial charge in [-0.25, -0.2) is 8.42 Å². The molecule has 0 aliphatic carbocycles. The van der Waals surface area contributed by atoms with Crippen molar-refractivity contribution in [3.63, 3.8) is 0 Å². The van der Waals surface area contributed by atoms with Crippen LogP contribution in [0.3, 0.4) is 0 Å². The molecule has 0 radical (unpaired) electrons. The lowest BCUT2D eigenvalue weighted by molar-refractivity contribution is 0.0729. The van der Waals surface area contributed by atoms with E-state index in [1.807, 2.05) is 60.7 Å². The number of carbonyl (C=O) groups excluding carboxylic acids is 1. The molecule has 1 N–H and O–H groups in total. The molecule has 3 aromatic rings. The predicted molar refractivity (Wildman–Crippen MR) is 129 cm³/mol. The number of hydrogen-bond acceptors (Lipinski definition) is 5. The van der Waals surface area contributed by atoms with Crippen LogP contribution in [0.25, 0.3) is 0 Å². The van der Waals surface area contributed by atoms with Crippen LogP contribution in [-0.2, 0) is 21.2 Å². The van der Waals surface area contributed by atoms with E-state index in [1.54, 1.807) is 6.07 Å². The summed E-state index contributed by atoms with van der Waals surface area (Å²) in [5, 5.41) is 3.09. The van der Waals surface area contributed by atoms with Crippen molar-refractivity contribution >= 4 is 15.9 Å². The Balaban J connectivity index is 1.62. The maximum Gasteiger partial charge on any atom is 0.251 e. The standard InChI is InChI=1S/C26H28N2O5S/c1-32-24-13-12-22(19-25(24)34(30,31)28-14-16-33-17-15-28)26(29)27-23(21-10-6-3-7-11-21)18-20-8-4-2-5-9-20/h2-13,19,23H,14-18H2,1H3,(H,27,29)/t23-/m1/s1. The molecule has 34 heavy (non-hydrogen) atoms. The molecule has 0 spiro atoms. The fourth-order valence-corrected chi connectivity index (χ4v) is 5.56. The van der Waals surface area contributed by atoms with Crippen molar-refractivity contribution in [1.82, 2.24) is 9.62 Å². The van der Waals surface area contributed by atoms with Crippen LogP contribution in [0.4, 0.5) is 0 Å². The zero-order valence-corrected chi connectivity index (χ0v) is 19.8. The van der Waals surface area contributed by atoms with E-state index in [1.165, 1.54) is 23.5 Å². The van der Waals surface area contributed by atoms with Gasteiger partial charge in [-0.1, -0.05) is 60.7 Å². The van der Waals surface area contributed by atoms with Crippen LogP contribution < -0.4 is 10.1 Å². The predicted octanol–water partition coefficient (Wildman–Crippen LogP) is 3.43. The zero-order valence-electron chi connectivity index (χ0n) is 19.0. The number of ether oxygens (including phenoxy) is 2. The number of rotatable bonds is 8. The molecule has 1 saturated heterocycles. The lowest BCUT2D eigenvalue weighted by Gasteiger charge is -2.27. The van der Waals surface area contributed by atoms with Gasteiger partial charge in [0.1, 0.15) is 10.6 Å². The number of amides is 1. The van der Waals surface area contributed by atoms with Crippen LogP contribution in [0.1, 0.15) is 27.5 Å². The molecule has 0 aromatic heterocycles. The van der Waals surface area contributed by atoms with Crippen molar-refractivity contribution in [3.8, 4) is 5.75 Å². The van der Waals surface area contributed by atoms with Crippen LogP contribution in [-0.4, -0.2) is 52.0 Å². The third kappa shape index (κ3) is 5.47. The van der Waals surface area contributed by atoms with E-state index < -0.39 is 10.0 Å². The summed E-state index contributed by atoms with van der Waals surface area (Å²) in [5.74, 6) is -0.155. The van der Waals surface area contributed by atoms with E-state index in [2.05, 4.69) is 5.32 Å². The molecule has 8 heteroatoms. The maximum absolute atomic E-state index is 13.3. The molecular weight excluding hydrogens is 452 g/mol. The van der Waals surface area contributed by atoms with Crippen LogP contribution in [0, 0.1) is 0 Å². The molecule has 0 bridgehead atoms. The summed E-state index contributed by atoms with van der Waals surface area (Å²) in [6.45, 7) is 1.18. The first-order valence-electron chi connectivity index (χ1n) is 11.1. The summed E-state index contributed by atoms with van der Waals surface area (Å²) in [5.41, 5.74) is 2.30. The Labute approximate surface area is 200 Å². The third-order valence-corrected chi connectivity index (χ3v) is 7.72. The Morgan fingerprint density at radius 1 is 1.00 bits per heavy atom. The second-order valence-electron chi connectivity index (χ2n) is 8.01. The number of carbonyl (C=O) groups is 1. The van der Waals surface area contributed by atoms with Gasteiger partial charge in [-0.15, -0.1) is 0 Å². The molecule has 7 nitrogen and oxygen atoms in total. The summed E-state index contributed by atoms with van der Waals surface area (Å²) < 4.78 is 38.5. The molecule has 1 fully saturated rings. The van der Waals surface area contributed by atoms with E-state index in [-0.39, 0.29) is 41.2 Å². The highest BCUT2D eigenvalue weighted by molar-refractivity contribution is 7.89. The Hall–Kier alpha value is -3.20. The van der Waals surface area contributed by atoms with E-state index >= 15 is 0 Å². The highest BCUT2D eigenvalue weighted by Crippen LogP contribution is 2.29. The quantitative estimate of drug-likeness (QED) is 0.534. The molecule has 1 aliphatic rings. The zero-order chi connectivity index (χ0) is 24.0. The fraction of sp³-hybridized carbons (Fsp3) is 0.269. The van der Waals surface area contributed by atoms with E-state index in [4.69, 9.17) is 9.47 Å². The van der Waals surface area contributed by atoms with Crippen molar-refractivity contribution in [2.45, 2.75) is 17.4 Å².